The number of ether oxygens (including phenoxy) is 2. The van der Waals surface area contributed by atoms with Gasteiger partial charge in [-0.2, -0.15) is 0 Å². The van der Waals surface area contributed by atoms with Gasteiger partial charge in [-0.15, -0.1) is 0 Å². The quantitative estimate of drug-likeness (QED) is 0.443. The molecule has 188 valence electrons. The van der Waals surface area contributed by atoms with Gasteiger partial charge in [-0.05, 0) is 61.1 Å². The Morgan fingerprint density at radius 2 is 2.03 bits per heavy atom. The first kappa shape index (κ1) is 24.2. The molecule has 1 aliphatic heterocycles. The van der Waals surface area contributed by atoms with E-state index in [2.05, 4.69) is 22.1 Å². The number of rotatable bonds is 8. The van der Waals surface area contributed by atoms with E-state index in [1.54, 1.807) is 13.1 Å². The molecule has 36 heavy (non-hydrogen) atoms. The van der Waals surface area contributed by atoms with Crippen LogP contribution in [-0.4, -0.2) is 33.1 Å². The van der Waals surface area contributed by atoms with Crippen LogP contribution in [-0.2, 0) is 17.6 Å². The first-order valence-electron chi connectivity index (χ1n) is 12.5. The van der Waals surface area contributed by atoms with E-state index in [1.807, 2.05) is 13.0 Å². The number of carbonyl (C=O) groups is 1. The maximum absolute atomic E-state index is 14.6. The van der Waals surface area contributed by atoms with Crippen LogP contribution < -0.4 is 9.47 Å². The number of carboxylic acid groups (broad SMARTS) is 1. The lowest BCUT2D eigenvalue weighted by atomic mass is 9.82. The monoisotopic (exact) mass is 491 g/mol. The van der Waals surface area contributed by atoms with Crippen LogP contribution in [0.4, 0.5) is 4.39 Å². The summed E-state index contributed by atoms with van der Waals surface area (Å²) in [6.45, 7) is 3.75. The molecule has 1 fully saturated rings. The average molecular weight is 492 g/mol. The number of fused-ring (bicyclic) bond motifs is 1. The fraction of sp³-hybridized carbons (Fsp3) is 0.429. The van der Waals surface area contributed by atoms with Gasteiger partial charge in [0.2, 0.25) is 5.88 Å². The summed E-state index contributed by atoms with van der Waals surface area (Å²) in [6.07, 6.45) is 6.77. The summed E-state index contributed by atoms with van der Waals surface area (Å²) in [6, 6.07) is 7.68. The number of benzene rings is 1. The van der Waals surface area contributed by atoms with Crippen LogP contribution in [0.1, 0.15) is 67.6 Å². The lowest BCUT2D eigenvalue weighted by Crippen LogP contribution is -2.22. The standard InChI is InChI=1S/C28H30FN3O4/c1-4-21-27(19-12-25(35-3)30-13-20(19)29)31-14-22(32-21)23-10-9-16-5-8-18(11-24(16)36-23)26(17-6-7-17)15(2)28(33)34/h5,8,11-15,17,23,26H,4,6-7,9-10H2,1-3H3,(H,33,34)/t15-,23?,26?/m0/s1. The number of aliphatic carboxylic acids is 1. The molecule has 2 unspecified atom stereocenters. The smallest absolute Gasteiger partial charge is 0.306 e. The number of hydrogen-bond donors (Lipinski definition) is 1. The van der Waals surface area contributed by atoms with Crippen molar-refractivity contribution in [2.24, 2.45) is 11.8 Å². The summed E-state index contributed by atoms with van der Waals surface area (Å²) in [5.74, 6) is -0.225. The molecular weight excluding hydrogens is 461 g/mol. The molecule has 3 atom stereocenters. The predicted molar refractivity (Wildman–Crippen MR) is 132 cm³/mol. The topological polar surface area (TPSA) is 94.4 Å². The molecule has 0 radical (unpaired) electrons. The Morgan fingerprint density at radius 1 is 1.22 bits per heavy atom. The third kappa shape index (κ3) is 4.64. The number of pyridine rings is 1. The Kier molecular flexibility index (Phi) is 6.60. The number of nitrogens with zero attached hydrogens (tertiary/aromatic N) is 3. The molecular formula is C28H30FN3O4. The molecule has 1 aromatic carbocycles. The van der Waals surface area contributed by atoms with E-state index in [0.717, 1.165) is 48.8 Å². The summed E-state index contributed by atoms with van der Waals surface area (Å²) in [4.78, 5) is 25.0. The van der Waals surface area contributed by atoms with Crippen molar-refractivity contribution in [1.82, 2.24) is 15.0 Å². The van der Waals surface area contributed by atoms with Crippen molar-refractivity contribution < 1.29 is 23.8 Å². The Bertz CT molecular complexity index is 1290. The van der Waals surface area contributed by atoms with Crippen molar-refractivity contribution in [1.29, 1.82) is 0 Å². The van der Waals surface area contributed by atoms with Crippen LogP contribution >= 0.6 is 0 Å². The molecule has 0 spiro atoms. The number of aromatic nitrogens is 3. The first-order valence-corrected chi connectivity index (χ1v) is 12.5. The summed E-state index contributed by atoms with van der Waals surface area (Å²) in [7, 11) is 1.48. The van der Waals surface area contributed by atoms with Crippen molar-refractivity contribution in [3.05, 3.63) is 65.0 Å². The molecule has 0 amide bonds. The minimum Gasteiger partial charge on any atom is -0.484 e. The number of aryl methyl sites for hydroxylation is 2. The van der Waals surface area contributed by atoms with Crippen LogP contribution in [0, 0.1) is 17.7 Å². The lowest BCUT2D eigenvalue weighted by molar-refractivity contribution is -0.142. The van der Waals surface area contributed by atoms with Gasteiger partial charge in [0.15, 0.2) is 5.82 Å². The summed E-state index contributed by atoms with van der Waals surface area (Å²) >= 11 is 0. The molecule has 3 aromatic rings. The molecule has 0 saturated heterocycles. The summed E-state index contributed by atoms with van der Waals surface area (Å²) in [5.41, 5.74) is 4.27. The predicted octanol–water partition coefficient (Wildman–Crippen LogP) is 5.53. The molecule has 1 saturated carbocycles. The lowest BCUT2D eigenvalue weighted by Gasteiger charge is -2.28. The van der Waals surface area contributed by atoms with Gasteiger partial charge in [0.25, 0.3) is 0 Å². The Morgan fingerprint density at radius 3 is 2.72 bits per heavy atom. The fourth-order valence-electron chi connectivity index (χ4n) is 5.16. The maximum Gasteiger partial charge on any atom is 0.306 e. The fourth-order valence-corrected chi connectivity index (χ4v) is 5.16. The van der Waals surface area contributed by atoms with Crippen molar-refractivity contribution in [3.8, 4) is 22.9 Å². The maximum atomic E-state index is 14.6. The molecule has 2 aromatic heterocycles. The van der Waals surface area contributed by atoms with Gasteiger partial charge in [-0.25, -0.2) is 9.37 Å². The van der Waals surface area contributed by atoms with Crippen molar-refractivity contribution >= 4 is 5.97 Å². The van der Waals surface area contributed by atoms with E-state index in [-0.39, 0.29) is 12.0 Å². The zero-order valence-corrected chi connectivity index (χ0v) is 20.7. The van der Waals surface area contributed by atoms with Crippen LogP contribution in [0.3, 0.4) is 0 Å². The largest absolute Gasteiger partial charge is 0.484 e. The van der Waals surface area contributed by atoms with Crippen LogP contribution in [0.2, 0.25) is 0 Å². The second-order valence-corrected chi connectivity index (χ2v) is 9.65. The Labute approximate surface area is 209 Å². The minimum atomic E-state index is -0.769. The van der Waals surface area contributed by atoms with Gasteiger partial charge in [-0.1, -0.05) is 26.0 Å². The molecule has 5 rings (SSSR count). The molecule has 7 nitrogen and oxygen atoms in total. The van der Waals surface area contributed by atoms with E-state index in [9.17, 15) is 14.3 Å². The van der Waals surface area contributed by atoms with Gasteiger partial charge in [-0.3, -0.25) is 14.8 Å². The molecule has 3 heterocycles. The third-order valence-corrected chi connectivity index (χ3v) is 7.30. The summed E-state index contributed by atoms with van der Waals surface area (Å²) < 4.78 is 26.1. The first-order chi connectivity index (χ1) is 17.4. The van der Waals surface area contributed by atoms with E-state index in [4.69, 9.17) is 14.5 Å². The highest BCUT2D eigenvalue weighted by atomic mass is 19.1. The van der Waals surface area contributed by atoms with E-state index in [1.165, 1.54) is 13.2 Å². The van der Waals surface area contributed by atoms with Gasteiger partial charge >= 0.3 is 5.97 Å². The zero-order chi connectivity index (χ0) is 25.4. The van der Waals surface area contributed by atoms with E-state index < -0.39 is 17.7 Å². The van der Waals surface area contributed by atoms with E-state index in [0.29, 0.717) is 40.9 Å². The second kappa shape index (κ2) is 9.84. The molecule has 8 heteroatoms. The minimum absolute atomic E-state index is 0.0187. The molecule has 2 aliphatic rings. The normalized spacial score (nSPS) is 18.6. The highest BCUT2D eigenvalue weighted by Gasteiger charge is 2.39. The van der Waals surface area contributed by atoms with Crippen LogP contribution in [0.15, 0.2) is 36.7 Å². The number of methoxy groups -OCH3 is 1. The van der Waals surface area contributed by atoms with Crippen molar-refractivity contribution in [3.63, 3.8) is 0 Å². The molecule has 1 aliphatic carbocycles. The Hall–Kier alpha value is -3.55. The van der Waals surface area contributed by atoms with E-state index >= 15 is 0 Å². The van der Waals surface area contributed by atoms with Gasteiger partial charge in [0.1, 0.15) is 11.9 Å². The SMILES string of the molecule is CCc1nc(C2CCc3ccc(C(C4CC4)[C@H](C)C(=O)O)cc3O2)cnc1-c1cc(OC)ncc1F. The highest BCUT2D eigenvalue weighted by molar-refractivity contribution is 5.71. The average Bonchev–Trinajstić information content (AvgIpc) is 3.73. The number of carboxylic acids is 1. The summed E-state index contributed by atoms with van der Waals surface area (Å²) in [5, 5.41) is 9.64. The van der Waals surface area contributed by atoms with Crippen LogP contribution in [0.25, 0.3) is 11.3 Å². The molecule has 1 N–H and O–H groups in total. The second-order valence-electron chi connectivity index (χ2n) is 9.65. The molecule has 0 bridgehead atoms. The van der Waals surface area contributed by atoms with Gasteiger partial charge < -0.3 is 14.6 Å². The van der Waals surface area contributed by atoms with Crippen molar-refractivity contribution in [2.75, 3.05) is 7.11 Å². The third-order valence-electron chi connectivity index (χ3n) is 7.30. The highest BCUT2D eigenvalue weighted by Crippen LogP contribution is 2.48. The Balaban J connectivity index is 1.43. The van der Waals surface area contributed by atoms with Gasteiger partial charge in [0.05, 0.1) is 42.5 Å². The van der Waals surface area contributed by atoms with Gasteiger partial charge in [0, 0.05) is 11.6 Å². The zero-order valence-electron chi connectivity index (χ0n) is 20.7. The van der Waals surface area contributed by atoms with Crippen molar-refractivity contribution in [2.45, 2.75) is 58.0 Å². The van der Waals surface area contributed by atoms with Crippen LogP contribution in [0.5, 0.6) is 11.6 Å². The number of halogens is 1. The number of hydrogen-bond acceptors (Lipinski definition) is 6.